The monoisotopic (exact) mass is 287 g/mol. The lowest BCUT2D eigenvalue weighted by Crippen LogP contribution is -1.90. The summed E-state index contributed by atoms with van der Waals surface area (Å²) in [4.78, 5) is 4.55. The summed E-state index contributed by atoms with van der Waals surface area (Å²) in [5.41, 5.74) is 2.36. The molecule has 2 rings (SSSR count). The highest BCUT2D eigenvalue weighted by Crippen LogP contribution is 2.16. The fourth-order valence-electron chi connectivity index (χ4n) is 1.56. The van der Waals surface area contributed by atoms with Crippen LogP contribution in [0.4, 0.5) is 0 Å². The Morgan fingerprint density at radius 1 is 1.00 bits per heavy atom. The Hall–Kier alpha value is -1.41. The summed E-state index contributed by atoms with van der Waals surface area (Å²) < 4.78 is 1.09. The molecule has 0 aliphatic rings. The van der Waals surface area contributed by atoms with Gasteiger partial charge in [-0.05, 0) is 30.2 Å². The van der Waals surface area contributed by atoms with Crippen molar-refractivity contribution >= 4 is 22.1 Å². The van der Waals surface area contributed by atoms with Gasteiger partial charge in [0.1, 0.15) is 0 Å². The molecule has 1 nitrogen and oxygen atoms in total. The first kappa shape index (κ1) is 12.1. The molecular formula is C15H14BrN. The maximum atomic E-state index is 4.55. The van der Waals surface area contributed by atoms with Gasteiger partial charge in [-0.2, -0.15) is 0 Å². The van der Waals surface area contributed by atoms with Crippen molar-refractivity contribution in [3.8, 4) is 0 Å². The molecule has 2 aromatic carbocycles. The Morgan fingerprint density at radius 3 is 2.29 bits per heavy atom. The molecule has 17 heavy (non-hydrogen) atoms. The van der Waals surface area contributed by atoms with Crippen LogP contribution in [-0.4, -0.2) is 6.21 Å². The summed E-state index contributed by atoms with van der Waals surface area (Å²) in [5.74, 6) is 0. The van der Waals surface area contributed by atoms with E-state index >= 15 is 0 Å². The summed E-state index contributed by atoms with van der Waals surface area (Å²) in [5, 5.41) is 0. The second-order valence-corrected chi connectivity index (χ2v) is 4.83. The molecule has 86 valence electrons. The van der Waals surface area contributed by atoms with Crippen molar-refractivity contribution in [3.05, 3.63) is 70.2 Å². The Labute approximate surface area is 110 Å². The number of hydrogen-bond acceptors (Lipinski definition) is 1. The van der Waals surface area contributed by atoms with Crippen LogP contribution in [0.5, 0.6) is 0 Å². The van der Waals surface area contributed by atoms with Gasteiger partial charge in [0.15, 0.2) is 0 Å². The number of rotatable bonds is 3. The molecule has 0 bridgehead atoms. The third-order valence-corrected chi connectivity index (χ3v) is 3.13. The first-order chi connectivity index (χ1) is 8.25. The maximum absolute atomic E-state index is 4.55. The normalized spacial score (nSPS) is 12.8. The predicted molar refractivity (Wildman–Crippen MR) is 76.6 cm³/mol. The highest BCUT2D eigenvalue weighted by molar-refractivity contribution is 9.10. The maximum Gasteiger partial charge on any atom is 0.0721 e. The second kappa shape index (κ2) is 5.78. The van der Waals surface area contributed by atoms with Gasteiger partial charge in [-0.3, -0.25) is 4.99 Å². The molecule has 0 saturated heterocycles. The van der Waals surface area contributed by atoms with Crippen LogP contribution in [0.15, 0.2) is 64.1 Å². The summed E-state index contributed by atoms with van der Waals surface area (Å²) in [6, 6.07) is 18.6. The highest BCUT2D eigenvalue weighted by Gasteiger charge is 2.00. The van der Waals surface area contributed by atoms with E-state index in [-0.39, 0.29) is 6.04 Å². The van der Waals surface area contributed by atoms with Crippen molar-refractivity contribution in [2.75, 3.05) is 0 Å². The van der Waals surface area contributed by atoms with E-state index in [2.05, 4.69) is 40.0 Å². The molecule has 0 aromatic heterocycles. The van der Waals surface area contributed by atoms with Gasteiger partial charge in [0.05, 0.1) is 6.04 Å². The fourth-order valence-corrected chi connectivity index (χ4v) is 1.83. The zero-order valence-corrected chi connectivity index (χ0v) is 11.3. The lowest BCUT2D eigenvalue weighted by molar-refractivity contribution is 0.825. The van der Waals surface area contributed by atoms with Gasteiger partial charge < -0.3 is 0 Å². The van der Waals surface area contributed by atoms with Crippen molar-refractivity contribution in [3.63, 3.8) is 0 Å². The minimum absolute atomic E-state index is 0.194. The molecule has 0 N–H and O–H groups in total. The lowest BCUT2D eigenvalue weighted by atomic mass is 10.1. The van der Waals surface area contributed by atoms with Crippen LogP contribution in [0.3, 0.4) is 0 Å². The van der Waals surface area contributed by atoms with E-state index < -0.39 is 0 Å². The van der Waals surface area contributed by atoms with E-state index in [1.54, 1.807) is 0 Å². The highest BCUT2D eigenvalue weighted by atomic mass is 79.9. The van der Waals surface area contributed by atoms with E-state index in [1.807, 2.05) is 48.7 Å². The zero-order chi connectivity index (χ0) is 12.1. The summed E-state index contributed by atoms with van der Waals surface area (Å²) in [7, 11) is 0. The van der Waals surface area contributed by atoms with Crippen molar-refractivity contribution in [1.82, 2.24) is 0 Å². The van der Waals surface area contributed by atoms with Crippen LogP contribution < -0.4 is 0 Å². The van der Waals surface area contributed by atoms with E-state index in [4.69, 9.17) is 0 Å². The van der Waals surface area contributed by atoms with Crippen LogP contribution in [0.2, 0.25) is 0 Å². The van der Waals surface area contributed by atoms with Crippen molar-refractivity contribution in [2.24, 2.45) is 4.99 Å². The van der Waals surface area contributed by atoms with E-state index in [0.29, 0.717) is 0 Å². The predicted octanol–water partition coefficient (Wildman–Crippen LogP) is 4.63. The molecule has 0 heterocycles. The van der Waals surface area contributed by atoms with Gasteiger partial charge in [-0.25, -0.2) is 0 Å². The second-order valence-electron chi connectivity index (χ2n) is 3.92. The third-order valence-electron chi connectivity index (χ3n) is 2.60. The van der Waals surface area contributed by atoms with Gasteiger partial charge >= 0.3 is 0 Å². The number of hydrogen-bond donors (Lipinski definition) is 0. The molecule has 2 aromatic rings. The topological polar surface area (TPSA) is 12.4 Å². The van der Waals surface area contributed by atoms with Crippen LogP contribution in [0, 0.1) is 0 Å². The fraction of sp³-hybridized carbons (Fsp3) is 0.133. The molecule has 0 fully saturated rings. The van der Waals surface area contributed by atoms with Crippen LogP contribution in [0.25, 0.3) is 0 Å². The average molecular weight is 288 g/mol. The SMILES string of the molecule is C[C@@H](N=Cc1ccc(Br)cc1)c1ccccc1. The lowest BCUT2D eigenvalue weighted by Gasteiger charge is -2.05. The molecule has 0 aliphatic carbocycles. The minimum Gasteiger partial charge on any atom is -0.285 e. The molecule has 0 saturated carbocycles. The van der Waals surface area contributed by atoms with Crippen molar-refractivity contribution < 1.29 is 0 Å². The molecule has 0 radical (unpaired) electrons. The first-order valence-electron chi connectivity index (χ1n) is 5.59. The quantitative estimate of drug-likeness (QED) is 0.730. The van der Waals surface area contributed by atoms with E-state index in [1.165, 1.54) is 5.56 Å². The van der Waals surface area contributed by atoms with E-state index in [0.717, 1.165) is 10.0 Å². The third kappa shape index (κ3) is 3.53. The molecule has 0 aliphatic heterocycles. The van der Waals surface area contributed by atoms with Gasteiger partial charge in [0, 0.05) is 10.7 Å². The molecule has 2 heteroatoms. The van der Waals surface area contributed by atoms with Crippen molar-refractivity contribution in [1.29, 1.82) is 0 Å². The van der Waals surface area contributed by atoms with E-state index in [9.17, 15) is 0 Å². The summed E-state index contributed by atoms with van der Waals surface area (Å²) in [6.45, 7) is 2.10. The number of nitrogens with zero attached hydrogens (tertiary/aromatic N) is 1. The largest absolute Gasteiger partial charge is 0.285 e. The van der Waals surface area contributed by atoms with Gasteiger partial charge in [0.25, 0.3) is 0 Å². The molecular weight excluding hydrogens is 274 g/mol. The summed E-state index contributed by atoms with van der Waals surface area (Å²) in [6.07, 6.45) is 1.92. The average Bonchev–Trinajstić information content (AvgIpc) is 2.39. The Morgan fingerprint density at radius 2 is 1.65 bits per heavy atom. The van der Waals surface area contributed by atoms with Gasteiger partial charge in [-0.1, -0.05) is 58.4 Å². The summed E-state index contributed by atoms with van der Waals surface area (Å²) >= 11 is 3.42. The smallest absolute Gasteiger partial charge is 0.0721 e. The molecule has 0 spiro atoms. The van der Waals surface area contributed by atoms with Crippen LogP contribution in [-0.2, 0) is 0 Å². The van der Waals surface area contributed by atoms with Crippen molar-refractivity contribution in [2.45, 2.75) is 13.0 Å². The molecule has 0 amide bonds. The Balaban J connectivity index is 2.08. The zero-order valence-electron chi connectivity index (χ0n) is 9.68. The number of benzene rings is 2. The van der Waals surface area contributed by atoms with Gasteiger partial charge in [-0.15, -0.1) is 0 Å². The standard InChI is InChI=1S/C15H14BrN/c1-12(14-5-3-2-4-6-14)17-11-13-7-9-15(16)10-8-13/h2-12H,1H3/t12-/m1/s1. The Kier molecular flexibility index (Phi) is 4.10. The first-order valence-corrected chi connectivity index (χ1v) is 6.39. The van der Waals surface area contributed by atoms with Crippen LogP contribution in [0.1, 0.15) is 24.1 Å². The number of aliphatic imine (C=N–C) groups is 1. The Bertz CT molecular complexity index is 488. The molecule has 1 atom stereocenters. The number of halogens is 1. The minimum atomic E-state index is 0.194. The van der Waals surface area contributed by atoms with Gasteiger partial charge in [0.2, 0.25) is 0 Å². The molecule has 0 unspecified atom stereocenters. The van der Waals surface area contributed by atoms with Crippen LogP contribution >= 0.6 is 15.9 Å².